The maximum atomic E-state index is 13.1. The van der Waals surface area contributed by atoms with E-state index in [0.717, 1.165) is 24.9 Å². The van der Waals surface area contributed by atoms with Gasteiger partial charge in [-0.2, -0.15) is 10.2 Å². The highest BCUT2D eigenvalue weighted by molar-refractivity contribution is 6.09. The highest BCUT2D eigenvalue weighted by atomic mass is 16.2. The van der Waals surface area contributed by atoms with E-state index in [-0.39, 0.29) is 17.4 Å². The van der Waals surface area contributed by atoms with Gasteiger partial charge in [0.05, 0.1) is 71.4 Å². The normalized spacial score (nSPS) is 15.3. The Bertz CT molecular complexity index is 1450. The fourth-order valence-corrected chi connectivity index (χ4v) is 4.51. The van der Waals surface area contributed by atoms with Crippen molar-refractivity contribution in [3.63, 3.8) is 0 Å². The molecule has 0 aliphatic carbocycles. The average molecular weight is 488 g/mol. The van der Waals surface area contributed by atoms with Gasteiger partial charge in [-0.3, -0.25) is 29.1 Å². The lowest BCUT2D eigenvalue weighted by molar-refractivity contribution is -0.118. The quantitative estimate of drug-likeness (QED) is 0.429. The zero-order chi connectivity index (χ0) is 25.4. The lowest BCUT2D eigenvalue weighted by Gasteiger charge is -2.30. The molecular weight excluding hydrogens is 458 g/mol. The van der Waals surface area contributed by atoms with E-state index in [0.29, 0.717) is 40.4 Å². The minimum atomic E-state index is -0.340. The molecule has 0 bridgehead atoms. The van der Waals surface area contributed by atoms with Crippen LogP contribution in [0, 0.1) is 6.92 Å². The second kappa shape index (κ2) is 9.15. The van der Waals surface area contributed by atoms with E-state index in [9.17, 15) is 9.59 Å². The topological polar surface area (TPSA) is 122 Å². The first-order chi connectivity index (χ1) is 17.2. The Morgan fingerprint density at radius 1 is 1.06 bits per heavy atom. The lowest BCUT2D eigenvalue weighted by atomic mass is 10.0. The third kappa shape index (κ3) is 4.69. The Kier molecular flexibility index (Phi) is 6.00. The molecule has 0 unspecified atom stereocenters. The van der Waals surface area contributed by atoms with Gasteiger partial charge in [0.2, 0.25) is 5.91 Å². The Morgan fingerprint density at radius 3 is 2.61 bits per heavy atom. The third-order valence-corrected chi connectivity index (χ3v) is 6.68. The van der Waals surface area contributed by atoms with Crippen LogP contribution in [0.1, 0.15) is 42.7 Å². The fourth-order valence-electron chi connectivity index (χ4n) is 4.51. The molecule has 186 valence electrons. The molecule has 1 saturated heterocycles. The molecule has 36 heavy (non-hydrogen) atoms. The molecule has 0 aromatic carbocycles. The van der Waals surface area contributed by atoms with Crippen molar-refractivity contribution in [2.45, 2.75) is 39.2 Å². The Labute approximate surface area is 208 Å². The first-order valence-corrected chi connectivity index (χ1v) is 11.8. The monoisotopic (exact) mass is 487 g/mol. The van der Waals surface area contributed by atoms with Crippen molar-refractivity contribution in [3.8, 4) is 11.3 Å². The van der Waals surface area contributed by atoms with Crippen LogP contribution in [0.2, 0.25) is 0 Å². The summed E-state index contributed by atoms with van der Waals surface area (Å²) < 4.78 is 3.31. The molecule has 1 fully saturated rings. The van der Waals surface area contributed by atoms with Gasteiger partial charge >= 0.3 is 0 Å². The van der Waals surface area contributed by atoms with Gasteiger partial charge in [0.15, 0.2) is 0 Å². The Hall–Kier alpha value is -4.12. The van der Waals surface area contributed by atoms with Crippen molar-refractivity contribution in [1.29, 1.82) is 0 Å². The molecule has 0 radical (unpaired) electrons. The smallest absolute Gasteiger partial charge is 0.259 e. The zero-order valence-corrected chi connectivity index (χ0v) is 20.8. The van der Waals surface area contributed by atoms with Crippen LogP contribution in [-0.2, 0) is 11.8 Å². The van der Waals surface area contributed by atoms with E-state index in [2.05, 4.69) is 49.5 Å². The summed E-state index contributed by atoms with van der Waals surface area (Å²) in [6.07, 6.45) is 12.2. The molecule has 2 N–H and O–H groups in total. The molecule has 4 aromatic heterocycles. The van der Waals surface area contributed by atoms with Crippen molar-refractivity contribution >= 4 is 28.7 Å². The Balaban J connectivity index is 1.30. The number of amides is 2. The van der Waals surface area contributed by atoms with Crippen molar-refractivity contribution in [2.24, 2.45) is 7.05 Å². The minimum Gasteiger partial charge on any atom is -0.324 e. The van der Waals surface area contributed by atoms with Crippen molar-refractivity contribution < 1.29 is 9.59 Å². The number of hydrogen-bond donors (Lipinski definition) is 2. The van der Waals surface area contributed by atoms with Crippen LogP contribution >= 0.6 is 0 Å². The molecule has 1 aliphatic heterocycles. The first kappa shape index (κ1) is 23.6. The van der Waals surface area contributed by atoms with Gasteiger partial charge < -0.3 is 10.6 Å². The van der Waals surface area contributed by atoms with E-state index in [4.69, 9.17) is 0 Å². The van der Waals surface area contributed by atoms with Crippen LogP contribution in [0.3, 0.4) is 0 Å². The highest BCUT2D eigenvalue weighted by Gasteiger charge is 2.32. The summed E-state index contributed by atoms with van der Waals surface area (Å²) in [5.74, 6) is -0.445. The molecule has 4 aromatic rings. The number of nitrogens with one attached hydrogen (secondary N) is 2. The van der Waals surface area contributed by atoms with Gasteiger partial charge in [-0.05, 0) is 46.2 Å². The third-order valence-electron chi connectivity index (χ3n) is 6.68. The van der Waals surface area contributed by atoms with Crippen molar-refractivity contribution in [3.05, 3.63) is 54.5 Å². The summed E-state index contributed by atoms with van der Waals surface area (Å²) >= 11 is 0. The van der Waals surface area contributed by atoms with E-state index < -0.39 is 0 Å². The van der Waals surface area contributed by atoms with Gasteiger partial charge in [0.25, 0.3) is 5.91 Å². The number of fused-ring (bicyclic) bond motifs is 1. The number of pyridine rings is 1. The number of carbonyl (C=O) groups is 2. The predicted octanol–water partition coefficient (Wildman–Crippen LogP) is 2.90. The van der Waals surface area contributed by atoms with E-state index in [1.165, 1.54) is 6.20 Å². The molecule has 5 rings (SSSR count). The molecule has 11 nitrogen and oxygen atoms in total. The predicted molar refractivity (Wildman–Crippen MR) is 136 cm³/mol. The van der Waals surface area contributed by atoms with Gasteiger partial charge in [0, 0.05) is 24.3 Å². The van der Waals surface area contributed by atoms with Crippen molar-refractivity contribution in [2.75, 3.05) is 23.7 Å². The summed E-state index contributed by atoms with van der Waals surface area (Å²) in [6, 6.07) is 1.72. The second-order valence-electron chi connectivity index (χ2n) is 9.76. The number of likely N-dealkylation sites (tertiary alicyclic amines) is 1. The maximum absolute atomic E-state index is 13.1. The fraction of sp³-hybridized carbons (Fsp3) is 0.360. The van der Waals surface area contributed by atoms with E-state index in [1.54, 1.807) is 47.0 Å². The summed E-state index contributed by atoms with van der Waals surface area (Å²) in [5.41, 5.74) is 4.20. The van der Waals surface area contributed by atoms with Crippen LogP contribution in [0.15, 0.2) is 43.2 Å². The number of aryl methyl sites for hydroxylation is 2. The number of aromatic nitrogens is 6. The van der Waals surface area contributed by atoms with Crippen LogP contribution in [0.25, 0.3) is 16.8 Å². The number of nitrogens with zero attached hydrogens (tertiary/aromatic N) is 7. The molecule has 0 spiro atoms. The first-order valence-electron chi connectivity index (χ1n) is 11.8. The minimum absolute atomic E-state index is 0.0178. The molecule has 0 saturated carbocycles. The standard InChI is InChI=1S/C25H29N9O2/c1-16-20(8-18(10-26-16)30-23(35)15-33-7-5-6-25(33,2)3)31-24(36)19-11-29-34-14-21(27-12-22(19)34)17-9-28-32(4)13-17/h8-14H,5-7,15H2,1-4H3,(H,30,35)(H,31,36). The lowest BCUT2D eigenvalue weighted by Crippen LogP contribution is -2.42. The Morgan fingerprint density at radius 2 is 1.89 bits per heavy atom. The molecule has 11 heteroatoms. The summed E-state index contributed by atoms with van der Waals surface area (Å²) in [4.78, 5) is 36.8. The molecule has 2 amide bonds. The largest absolute Gasteiger partial charge is 0.324 e. The number of anilines is 2. The summed E-state index contributed by atoms with van der Waals surface area (Å²) in [6.45, 7) is 7.34. The number of rotatable bonds is 6. The van der Waals surface area contributed by atoms with Gasteiger partial charge in [0.1, 0.15) is 0 Å². The van der Waals surface area contributed by atoms with E-state index >= 15 is 0 Å². The molecule has 5 heterocycles. The highest BCUT2D eigenvalue weighted by Crippen LogP contribution is 2.28. The zero-order valence-electron chi connectivity index (χ0n) is 20.8. The number of carbonyl (C=O) groups excluding carboxylic acids is 2. The van der Waals surface area contributed by atoms with Gasteiger partial charge in [-0.25, -0.2) is 4.52 Å². The van der Waals surface area contributed by atoms with Crippen LogP contribution < -0.4 is 10.6 Å². The van der Waals surface area contributed by atoms with Crippen LogP contribution in [-0.4, -0.2) is 64.7 Å². The molecule has 0 atom stereocenters. The molecular formula is C25H29N9O2. The maximum Gasteiger partial charge on any atom is 0.259 e. The van der Waals surface area contributed by atoms with Gasteiger partial charge in [-0.1, -0.05) is 0 Å². The second-order valence-corrected chi connectivity index (χ2v) is 9.76. The average Bonchev–Trinajstić information content (AvgIpc) is 3.54. The van der Waals surface area contributed by atoms with Crippen LogP contribution in [0.4, 0.5) is 11.4 Å². The van der Waals surface area contributed by atoms with Gasteiger partial charge in [-0.15, -0.1) is 0 Å². The summed E-state index contributed by atoms with van der Waals surface area (Å²) in [5, 5.41) is 14.3. The summed E-state index contributed by atoms with van der Waals surface area (Å²) in [7, 11) is 1.84. The SMILES string of the molecule is Cc1ncc(NC(=O)CN2CCCC2(C)C)cc1NC(=O)c1cnn2cc(-c3cnn(C)c3)ncc12. The van der Waals surface area contributed by atoms with Crippen molar-refractivity contribution in [1.82, 2.24) is 34.3 Å². The van der Waals surface area contributed by atoms with Crippen LogP contribution in [0.5, 0.6) is 0 Å². The number of hydrogen-bond acceptors (Lipinski definition) is 7. The van der Waals surface area contributed by atoms with E-state index in [1.807, 2.05) is 13.2 Å². The molecule has 1 aliphatic rings.